The molecule has 0 spiro atoms. The molecule has 2 fully saturated rings. The Hall–Kier alpha value is -0.560. The van der Waals surface area contributed by atoms with Gasteiger partial charge in [0.2, 0.25) is 0 Å². The third-order valence-electron chi connectivity index (χ3n) is 4.26. The van der Waals surface area contributed by atoms with E-state index in [2.05, 4.69) is 0 Å². The van der Waals surface area contributed by atoms with Gasteiger partial charge in [0.25, 0.3) is 5.91 Å². The average molecular weight is 295 g/mol. The van der Waals surface area contributed by atoms with Crippen molar-refractivity contribution in [2.24, 2.45) is 0 Å². The van der Waals surface area contributed by atoms with Crippen molar-refractivity contribution in [3.05, 3.63) is 0 Å². The summed E-state index contributed by atoms with van der Waals surface area (Å²) >= 11 is 0. The molecule has 0 unspecified atom stereocenters. The summed E-state index contributed by atoms with van der Waals surface area (Å²) in [7, 11) is 0.450. The van der Waals surface area contributed by atoms with Crippen LogP contribution >= 0.6 is 0 Å². The fourth-order valence-corrected chi connectivity index (χ4v) is 3.85. The topological polar surface area (TPSA) is 57.6 Å². The summed E-state index contributed by atoms with van der Waals surface area (Å²) < 4.78 is 39.3. The molecule has 0 bridgehead atoms. The van der Waals surface area contributed by atoms with E-state index in [1.165, 1.54) is 7.05 Å². The number of halogens is 2. The SMILES string of the molecule is CN(C(=O)C(F)(F)C1(O)CCC1)C1CCS(=O)CC1. The second-order valence-electron chi connectivity index (χ2n) is 5.45. The van der Waals surface area contributed by atoms with Crippen LogP contribution in [-0.2, 0) is 15.6 Å². The molecular formula is C12H19F2NO3S. The average Bonchev–Trinajstić information content (AvgIpc) is 2.34. The van der Waals surface area contributed by atoms with Gasteiger partial charge in [0.1, 0.15) is 5.60 Å². The summed E-state index contributed by atoms with van der Waals surface area (Å²) in [6.07, 6.45) is 1.40. The first-order chi connectivity index (χ1) is 8.78. The third-order valence-corrected chi connectivity index (χ3v) is 5.64. The van der Waals surface area contributed by atoms with Crippen molar-refractivity contribution < 1.29 is 22.9 Å². The Balaban J connectivity index is 2.04. The molecule has 19 heavy (non-hydrogen) atoms. The van der Waals surface area contributed by atoms with Crippen molar-refractivity contribution in [2.45, 2.75) is 49.7 Å². The number of alkyl halides is 2. The van der Waals surface area contributed by atoms with Crippen molar-refractivity contribution in [3.63, 3.8) is 0 Å². The zero-order chi connectivity index (χ0) is 14.3. The van der Waals surface area contributed by atoms with Crippen LogP contribution in [0.5, 0.6) is 0 Å². The number of rotatable bonds is 3. The van der Waals surface area contributed by atoms with E-state index < -0.39 is 28.2 Å². The Morgan fingerprint density at radius 2 is 1.89 bits per heavy atom. The molecule has 2 rings (SSSR count). The first-order valence-electron chi connectivity index (χ1n) is 6.50. The van der Waals surface area contributed by atoms with Gasteiger partial charge in [-0.1, -0.05) is 0 Å². The smallest absolute Gasteiger partial charge is 0.352 e. The molecule has 0 radical (unpaired) electrons. The number of nitrogens with zero attached hydrogens (tertiary/aromatic N) is 1. The van der Waals surface area contributed by atoms with Crippen LogP contribution in [0.4, 0.5) is 8.78 Å². The number of carbonyl (C=O) groups is 1. The summed E-state index contributed by atoms with van der Waals surface area (Å²) in [6.45, 7) is 0. The predicted molar refractivity (Wildman–Crippen MR) is 67.4 cm³/mol. The van der Waals surface area contributed by atoms with Gasteiger partial charge in [-0.05, 0) is 32.1 Å². The van der Waals surface area contributed by atoms with Gasteiger partial charge >= 0.3 is 5.92 Å². The van der Waals surface area contributed by atoms with Crippen LogP contribution in [-0.4, -0.2) is 56.2 Å². The van der Waals surface area contributed by atoms with E-state index in [1.807, 2.05) is 0 Å². The lowest BCUT2D eigenvalue weighted by Gasteiger charge is -2.44. The zero-order valence-corrected chi connectivity index (χ0v) is 11.7. The van der Waals surface area contributed by atoms with Crippen molar-refractivity contribution in [2.75, 3.05) is 18.6 Å². The van der Waals surface area contributed by atoms with Crippen molar-refractivity contribution in [3.8, 4) is 0 Å². The Bertz CT molecular complexity index is 388. The van der Waals surface area contributed by atoms with Gasteiger partial charge in [-0.2, -0.15) is 8.78 Å². The first kappa shape index (κ1) is 14.8. The van der Waals surface area contributed by atoms with Gasteiger partial charge in [0.05, 0.1) is 0 Å². The second-order valence-corrected chi connectivity index (χ2v) is 7.15. The van der Waals surface area contributed by atoms with Gasteiger partial charge in [0.15, 0.2) is 0 Å². The molecule has 7 heteroatoms. The highest BCUT2D eigenvalue weighted by Gasteiger charge is 2.62. The lowest BCUT2D eigenvalue weighted by Crippen LogP contribution is -2.62. The van der Waals surface area contributed by atoms with Crippen molar-refractivity contribution in [1.29, 1.82) is 0 Å². The molecule has 1 amide bonds. The highest BCUT2D eigenvalue weighted by atomic mass is 32.2. The van der Waals surface area contributed by atoms with E-state index in [-0.39, 0.29) is 18.9 Å². The van der Waals surface area contributed by atoms with E-state index >= 15 is 0 Å². The Morgan fingerprint density at radius 1 is 1.37 bits per heavy atom. The van der Waals surface area contributed by atoms with Crippen LogP contribution in [0.1, 0.15) is 32.1 Å². The van der Waals surface area contributed by atoms with Crippen LogP contribution < -0.4 is 0 Å². The van der Waals surface area contributed by atoms with E-state index in [0.29, 0.717) is 30.8 Å². The number of carbonyl (C=O) groups excluding carboxylic acids is 1. The van der Waals surface area contributed by atoms with Crippen LogP contribution in [0.2, 0.25) is 0 Å². The van der Waals surface area contributed by atoms with Gasteiger partial charge in [-0.3, -0.25) is 9.00 Å². The zero-order valence-electron chi connectivity index (χ0n) is 10.9. The molecule has 4 nitrogen and oxygen atoms in total. The lowest BCUT2D eigenvalue weighted by molar-refractivity contribution is -0.224. The van der Waals surface area contributed by atoms with Crippen molar-refractivity contribution >= 4 is 16.7 Å². The van der Waals surface area contributed by atoms with Gasteiger partial charge < -0.3 is 10.0 Å². The molecular weight excluding hydrogens is 276 g/mol. The van der Waals surface area contributed by atoms with Crippen LogP contribution in [0, 0.1) is 0 Å². The highest BCUT2D eigenvalue weighted by molar-refractivity contribution is 7.85. The van der Waals surface area contributed by atoms with Gasteiger partial charge in [-0.25, -0.2) is 0 Å². The summed E-state index contributed by atoms with van der Waals surface area (Å²) in [5.41, 5.74) is -2.17. The Morgan fingerprint density at radius 3 is 2.32 bits per heavy atom. The maximum atomic E-state index is 14.0. The maximum Gasteiger partial charge on any atom is 0.352 e. The molecule has 1 heterocycles. The van der Waals surface area contributed by atoms with E-state index in [4.69, 9.17) is 0 Å². The third kappa shape index (κ3) is 2.54. The molecule has 0 aromatic rings. The van der Waals surface area contributed by atoms with Crippen LogP contribution in [0.15, 0.2) is 0 Å². The normalized spacial score (nSPS) is 30.5. The summed E-state index contributed by atoms with van der Waals surface area (Å²) in [6, 6.07) is -0.306. The monoisotopic (exact) mass is 295 g/mol. The summed E-state index contributed by atoms with van der Waals surface area (Å²) in [5.74, 6) is -4.15. The fraction of sp³-hybridized carbons (Fsp3) is 0.917. The number of amides is 1. The fourth-order valence-electron chi connectivity index (χ4n) is 2.58. The summed E-state index contributed by atoms with van der Waals surface area (Å²) in [4.78, 5) is 13.0. The molecule has 0 atom stereocenters. The lowest BCUT2D eigenvalue weighted by atomic mass is 9.75. The minimum atomic E-state index is -3.73. The van der Waals surface area contributed by atoms with Gasteiger partial charge in [-0.15, -0.1) is 0 Å². The van der Waals surface area contributed by atoms with Crippen LogP contribution in [0.3, 0.4) is 0 Å². The maximum absolute atomic E-state index is 14.0. The molecule has 1 saturated heterocycles. The molecule has 1 aliphatic heterocycles. The summed E-state index contributed by atoms with van der Waals surface area (Å²) in [5, 5.41) is 9.75. The molecule has 1 aliphatic carbocycles. The van der Waals surface area contributed by atoms with Gasteiger partial charge in [0, 0.05) is 35.4 Å². The molecule has 1 N–H and O–H groups in total. The highest BCUT2D eigenvalue weighted by Crippen LogP contribution is 2.45. The Kier molecular flexibility index (Phi) is 3.97. The molecule has 110 valence electrons. The molecule has 0 aromatic heterocycles. The number of hydrogen-bond acceptors (Lipinski definition) is 3. The van der Waals surface area contributed by atoms with E-state index in [1.54, 1.807) is 0 Å². The minimum Gasteiger partial charge on any atom is -0.383 e. The molecule has 2 aliphatic rings. The number of aliphatic hydroxyl groups is 1. The quantitative estimate of drug-likeness (QED) is 0.842. The van der Waals surface area contributed by atoms with E-state index in [0.717, 1.165) is 4.90 Å². The minimum absolute atomic E-state index is 0.0335. The predicted octanol–water partition coefficient (Wildman–Crippen LogP) is 0.906. The standard InChI is InChI=1S/C12H19F2NO3S/c1-15(9-3-7-19(18)8-4-9)10(16)12(13,14)11(17)5-2-6-11/h9,17H,2-8H2,1H3. The van der Waals surface area contributed by atoms with E-state index in [9.17, 15) is 22.9 Å². The van der Waals surface area contributed by atoms with Crippen LogP contribution in [0.25, 0.3) is 0 Å². The number of hydrogen-bond donors (Lipinski definition) is 1. The van der Waals surface area contributed by atoms with Crippen molar-refractivity contribution in [1.82, 2.24) is 4.90 Å². The second kappa shape index (κ2) is 5.09. The first-order valence-corrected chi connectivity index (χ1v) is 7.99. The largest absolute Gasteiger partial charge is 0.383 e. The molecule has 1 saturated carbocycles. The molecule has 0 aromatic carbocycles. The Labute approximate surface area is 113 Å².